The van der Waals surface area contributed by atoms with Crippen LogP contribution < -0.4 is 4.74 Å². The van der Waals surface area contributed by atoms with Crippen molar-refractivity contribution in [3.05, 3.63) is 66.5 Å². The van der Waals surface area contributed by atoms with Crippen molar-refractivity contribution in [2.24, 2.45) is 0 Å². The number of hydrogen-bond acceptors (Lipinski definition) is 4. The minimum Gasteiger partial charge on any atom is -0.481 e. The minimum atomic E-state index is -4.44. The van der Waals surface area contributed by atoms with E-state index < -0.39 is 11.7 Å². The Morgan fingerprint density at radius 3 is 2.48 bits per heavy atom. The van der Waals surface area contributed by atoms with Crippen LogP contribution in [-0.4, -0.2) is 26.6 Å². The van der Waals surface area contributed by atoms with E-state index in [9.17, 15) is 13.2 Å². The SMILES string of the molecule is COc1ccc(-c2nc3cc(C(F)(F)F)ccc3n2-c2ccccn2)cn1. The number of fused-ring (bicyclic) bond motifs is 1. The predicted octanol–water partition coefficient (Wildman–Crippen LogP) is 4.51. The van der Waals surface area contributed by atoms with Crippen LogP contribution in [0.3, 0.4) is 0 Å². The van der Waals surface area contributed by atoms with Crippen molar-refractivity contribution in [2.75, 3.05) is 7.11 Å². The maximum atomic E-state index is 13.1. The fourth-order valence-corrected chi connectivity index (χ4v) is 2.80. The second kappa shape index (κ2) is 6.39. The number of nitrogens with zero attached hydrogens (tertiary/aromatic N) is 4. The van der Waals surface area contributed by atoms with Gasteiger partial charge in [-0.1, -0.05) is 6.07 Å². The van der Waals surface area contributed by atoms with Crippen LogP contribution in [0.25, 0.3) is 28.2 Å². The first-order valence-corrected chi connectivity index (χ1v) is 7.99. The lowest BCUT2D eigenvalue weighted by atomic mass is 10.2. The Morgan fingerprint density at radius 2 is 1.85 bits per heavy atom. The van der Waals surface area contributed by atoms with E-state index in [1.54, 1.807) is 47.3 Å². The molecule has 0 bridgehead atoms. The van der Waals surface area contributed by atoms with Gasteiger partial charge in [0, 0.05) is 24.0 Å². The average Bonchev–Trinajstić information content (AvgIpc) is 3.06. The topological polar surface area (TPSA) is 52.8 Å². The average molecular weight is 370 g/mol. The van der Waals surface area contributed by atoms with Gasteiger partial charge in [-0.25, -0.2) is 15.0 Å². The smallest absolute Gasteiger partial charge is 0.416 e. The van der Waals surface area contributed by atoms with Crippen molar-refractivity contribution in [2.45, 2.75) is 6.18 Å². The van der Waals surface area contributed by atoms with Gasteiger partial charge in [0.2, 0.25) is 5.88 Å². The zero-order chi connectivity index (χ0) is 19.0. The molecule has 0 fully saturated rings. The molecule has 0 amide bonds. The van der Waals surface area contributed by atoms with Crippen LogP contribution >= 0.6 is 0 Å². The number of methoxy groups -OCH3 is 1. The Bertz CT molecular complexity index is 1090. The maximum Gasteiger partial charge on any atom is 0.416 e. The third-order valence-electron chi connectivity index (χ3n) is 4.06. The Labute approximate surface area is 152 Å². The zero-order valence-electron chi connectivity index (χ0n) is 14.1. The van der Waals surface area contributed by atoms with Gasteiger partial charge in [0.1, 0.15) is 11.6 Å². The van der Waals surface area contributed by atoms with E-state index in [4.69, 9.17) is 4.74 Å². The van der Waals surface area contributed by atoms with Gasteiger partial charge < -0.3 is 4.74 Å². The van der Waals surface area contributed by atoms with E-state index >= 15 is 0 Å². The third kappa shape index (κ3) is 3.10. The number of hydrogen-bond donors (Lipinski definition) is 0. The minimum absolute atomic E-state index is 0.223. The lowest BCUT2D eigenvalue weighted by Crippen LogP contribution is -2.04. The molecule has 0 aliphatic heterocycles. The molecule has 5 nitrogen and oxygen atoms in total. The second-order valence-electron chi connectivity index (χ2n) is 5.75. The number of benzene rings is 1. The van der Waals surface area contributed by atoms with Crippen molar-refractivity contribution < 1.29 is 17.9 Å². The summed E-state index contributed by atoms with van der Waals surface area (Å²) in [5, 5.41) is 0. The van der Waals surface area contributed by atoms with E-state index in [-0.39, 0.29) is 5.52 Å². The molecule has 4 aromatic rings. The summed E-state index contributed by atoms with van der Waals surface area (Å²) in [6.45, 7) is 0. The molecule has 0 atom stereocenters. The standard InChI is InChI=1S/C19H13F3N4O/c1-27-17-8-5-12(11-24-17)18-25-14-10-13(19(20,21)22)6-7-15(14)26(18)16-4-2-3-9-23-16/h2-11H,1H3. The fraction of sp³-hybridized carbons (Fsp3) is 0.105. The van der Waals surface area contributed by atoms with E-state index in [0.29, 0.717) is 28.6 Å². The van der Waals surface area contributed by atoms with Gasteiger partial charge in [-0.15, -0.1) is 0 Å². The molecule has 27 heavy (non-hydrogen) atoms. The van der Waals surface area contributed by atoms with Crippen LogP contribution in [0.2, 0.25) is 0 Å². The first-order valence-electron chi connectivity index (χ1n) is 7.99. The molecule has 0 aliphatic rings. The summed E-state index contributed by atoms with van der Waals surface area (Å²) in [7, 11) is 1.50. The highest BCUT2D eigenvalue weighted by Gasteiger charge is 2.31. The van der Waals surface area contributed by atoms with Crippen molar-refractivity contribution >= 4 is 11.0 Å². The molecule has 8 heteroatoms. The lowest BCUT2D eigenvalue weighted by Gasteiger charge is -2.09. The first kappa shape index (κ1) is 17.0. The van der Waals surface area contributed by atoms with E-state index in [1.165, 1.54) is 13.2 Å². The molecule has 0 saturated heterocycles. The lowest BCUT2D eigenvalue weighted by molar-refractivity contribution is -0.137. The molecule has 0 radical (unpaired) electrons. The number of ether oxygens (including phenoxy) is 1. The summed E-state index contributed by atoms with van der Waals surface area (Å²) in [6, 6.07) is 12.2. The third-order valence-corrected chi connectivity index (χ3v) is 4.06. The molecule has 1 aromatic carbocycles. The maximum absolute atomic E-state index is 13.1. The van der Waals surface area contributed by atoms with E-state index in [0.717, 1.165) is 12.1 Å². The molecule has 0 spiro atoms. The largest absolute Gasteiger partial charge is 0.481 e. The van der Waals surface area contributed by atoms with E-state index in [1.807, 2.05) is 0 Å². The molecule has 3 aromatic heterocycles. The first-order chi connectivity index (χ1) is 13.0. The van der Waals surface area contributed by atoms with Crippen LogP contribution in [0.1, 0.15) is 5.56 Å². The molecule has 0 aliphatic carbocycles. The molecule has 0 unspecified atom stereocenters. The van der Waals surface area contributed by atoms with Gasteiger partial charge >= 0.3 is 6.18 Å². The monoisotopic (exact) mass is 370 g/mol. The molecule has 0 N–H and O–H groups in total. The summed E-state index contributed by atoms with van der Waals surface area (Å²) in [5.74, 6) is 1.42. The van der Waals surface area contributed by atoms with Crippen LogP contribution in [0, 0.1) is 0 Å². The second-order valence-corrected chi connectivity index (χ2v) is 5.75. The molecule has 3 heterocycles. The highest BCUT2D eigenvalue weighted by atomic mass is 19.4. The van der Waals surface area contributed by atoms with E-state index in [2.05, 4.69) is 15.0 Å². The van der Waals surface area contributed by atoms with Crippen molar-refractivity contribution in [1.29, 1.82) is 0 Å². The van der Waals surface area contributed by atoms with Crippen molar-refractivity contribution in [3.8, 4) is 23.1 Å². The van der Waals surface area contributed by atoms with Gasteiger partial charge in [0.15, 0.2) is 0 Å². The number of halogens is 3. The van der Waals surface area contributed by atoms with Gasteiger partial charge in [-0.05, 0) is 36.4 Å². The molecule has 4 rings (SSSR count). The summed E-state index contributed by atoms with van der Waals surface area (Å²) >= 11 is 0. The van der Waals surface area contributed by atoms with Crippen molar-refractivity contribution in [3.63, 3.8) is 0 Å². The number of imidazole rings is 1. The molecule has 0 saturated carbocycles. The summed E-state index contributed by atoms with van der Waals surface area (Å²) in [4.78, 5) is 12.9. The zero-order valence-corrected chi connectivity index (χ0v) is 14.1. The Hall–Kier alpha value is -3.42. The van der Waals surface area contributed by atoms with Crippen LogP contribution in [0.4, 0.5) is 13.2 Å². The Kier molecular flexibility index (Phi) is 4.02. The van der Waals surface area contributed by atoms with Gasteiger partial charge in [-0.3, -0.25) is 4.57 Å². The number of alkyl halides is 3. The predicted molar refractivity (Wildman–Crippen MR) is 93.6 cm³/mol. The van der Waals surface area contributed by atoms with Crippen LogP contribution in [0.5, 0.6) is 5.88 Å². The van der Waals surface area contributed by atoms with Crippen LogP contribution in [-0.2, 0) is 6.18 Å². The summed E-state index contributed by atoms with van der Waals surface area (Å²) in [6.07, 6.45) is -1.27. The number of rotatable bonds is 3. The number of pyridine rings is 2. The molecule has 136 valence electrons. The highest BCUT2D eigenvalue weighted by Crippen LogP contribution is 2.34. The quantitative estimate of drug-likeness (QED) is 0.532. The summed E-state index contributed by atoms with van der Waals surface area (Å²) in [5.41, 5.74) is 0.625. The van der Waals surface area contributed by atoms with Crippen LogP contribution in [0.15, 0.2) is 60.9 Å². The van der Waals surface area contributed by atoms with Gasteiger partial charge in [0.05, 0.1) is 23.7 Å². The van der Waals surface area contributed by atoms with Gasteiger partial charge in [-0.2, -0.15) is 13.2 Å². The molecular formula is C19H13F3N4O. The highest BCUT2D eigenvalue weighted by molar-refractivity contribution is 5.83. The Morgan fingerprint density at radius 1 is 1.00 bits per heavy atom. The van der Waals surface area contributed by atoms with Crippen molar-refractivity contribution in [1.82, 2.24) is 19.5 Å². The fourth-order valence-electron chi connectivity index (χ4n) is 2.80. The number of aromatic nitrogens is 4. The Balaban J connectivity index is 1.98. The summed E-state index contributed by atoms with van der Waals surface area (Å²) < 4.78 is 46.0. The van der Waals surface area contributed by atoms with Gasteiger partial charge in [0.25, 0.3) is 0 Å². The molecular weight excluding hydrogens is 357 g/mol. The normalized spacial score (nSPS) is 11.7.